The summed E-state index contributed by atoms with van der Waals surface area (Å²) in [6.45, 7) is 1.65. The van der Waals surface area contributed by atoms with Crippen LogP contribution in [0, 0.1) is 6.92 Å². The van der Waals surface area contributed by atoms with Gasteiger partial charge in [-0.25, -0.2) is 0 Å². The van der Waals surface area contributed by atoms with Crippen LogP contribution < -0.4 is 15.6 Å². The Morgan fingerprint density at radius 1 is 0.897 bits per heavy atom. The molecule has 2 amide bonds. The average molecular weight is 518 g/mol. The van der Waals surface area contributed by atoms with Gasteiger partial charge in [0.25, 0.3) is 11.8 Å². The lowest BCUT2D eigenvalue weighted by atomic mass is 10.0. The van der Waals surface area contributed by atoms with Crippen LogP contribution in [0.2, 0.25) is 0 Å². The summed E-state index contributed by atoms with van der Waals surface area (Å²) in [5.74, 6) is -0.293. The summed E-state index contributed by atoms with van der Waals surface area (Å²) in [5, 5.41) is 0. The van der Waals surface area contributed by atoms with Crippen LogP contribution >= 0.6 is 31.9 Å². The lowest BCUT2D eigenvalue weighted by molar-refractivity contribution is -0.123. The van der Waals surface area contributed by atoms with Gasteiger partial charge in [0.15, 0.2) is 6.61 Å². The molecule has 0 aliphatic carbocycles. The summed E-state index contributed by atoms with van der Waals surface area (Å²) in [7, 11) is 0. The molecule has 29 heavy (non-hydrogen) atoms. The molecule has 7 heteroatoms. The number of nitrogens with one attached hydrogen (secondary N) is 2. The Bertz CT molecular complexity index is 999. The second kappa shape index (κ2) is 9.71. The van der Waals surface area contributed by atoms with Gasteiger partial charge in [0.2, 0.25) is 0 Å². The van der Waals surface area contributed by atoms with E-state index in [2.05, 4.69) is 42.7 Å². The minimum atomic E-state index is -0.464. The number of aryl methyl sites for hydroxylation is 1. The molecule has 0 saturated carbocycles. The van der Waals surface area contributed by atoms with E-state index in [0.717, 1.165) is 25.6 Å². The van der Waals surface area contributed by atoms with E-state index < -0.39 is 11.8 Å². The zero-order valence-corrected chi connectivity index (χ0v) is 18.7. The Balaban J connectivity index is 1.52. The number of hydrogen-bond acceptors (Lipinski definition) is 3. The molecule has 0 bridgehead atoms. The second-order valence-electron chi connectivity index (χ2n) is 6.27. The first-order valence-electron chi connectivity index (χ1n) is 8.77. The van der Waals surface area contributed by atoms with E-state index in [0.29, 0.717) is 11.3 Å². The maximum absolute atomic E-state index is 12.2. The first-order valence-corrected chi connectivity index (χ1v) is 10.4. The fourth-order valence-corrected chi connectivity index (χ4v) is 4.24. The van der Waals surface area contributed by atoms with Gasteiger partial charge in [0.05, 0.1) is 4.47 Å². The van der Waals surface area contributed by atoms with Crippen LogP contribution in [0.15, 0.2) is 75.7 Å². The molecule has 5 nitrogen and oxygen atoms in total. The van der Waals surface area contributed by atoms with Gasteiger partial charge >= 0.3 is 0 Å². The zero-order valence-electron chi connectivity index (χ0n) is 15.5. The first kappa shape index (κ1) is 21.1. The predicted octanol–water partition coefficient (Wildman–Crippen LogP) is 5.03. The zero-order chi connectivity index (χ0) is 20.8. The summed E-state index contributed by atoms with van der Waals surface area (Å²) < 4.78 is 7.20. The Morgan fingerprint density at radius 3 is 2.21 bits per heavy atom. The van der Waals surface area contributed by atoms with Crippen molar-refractivity contribution in [3.05, 3.63) is 86.8 Å². The van der Waals surface area contributed by atoms with Gasteiger partial charge in [-0.05, 0) is 63.8 Å². The topological polar surface area (TPSA) is 67.4 Å². The summed E-state index contributed by atoms with van der Waals surface area (Å²) in [4.78, 5) is 24.2. The van der Waals surface area contributed by atoms with Crippen LogP contribution in [0.4, 0.5) is 0 Å². The van der Waals surface area contributed by atoms with Crippen LogP contribution in [0.5, 0.6) is 5.75 Å². The van der Waals surface area contributed by atoms with Gasteiger partial charge in [-0.3, -0.25) is 20.4 Å². The van der Waals surface area contributed by atoms with E-state index in [1.54, 1.807) is 12.1 Å². The van der Waals surface area contributed by atoms with Gasteiger partial charge in [-0.15, -0.1) is 0 Å². The summed E-state index contributed by atoms with van der Waals surface area (Å²) in [5.41, 5.74) is 8.15. The van der Waals surface area contributed by atoms with E-state index in [-0.39, 0.29) is 6.61 Å². The molecule has 3 aromatic carbocycles. The Morgan fingerprint density at radius 2 is 1.55 bits per heavy atom. The third kappa shape index (κ3) is 5.68. The fourth-order valence-electron chi connectivity index (χ4n) is 2.69. The number of rotatable bonds is 5. The monoisotopic (exact) mass is 516 g/mol. The molecule has 3 rings (SSSR count). The molecule has 0 radical (unpaired) electrons. The lowest BCUT2D eigenvalue weighted by Gasteiger charge is -2.12. The number of ether oxygens (including phenoxy) is 1. The molecule has 0 saturated heterocycles. The number of amides is 2. The highest BCUT2D eigenvalue weighted by atomic mass is 79.9. The average Bonchev–Trinajstić information content (AvgIpc) is 2.72. The smallest absolute Gasteiger partial charge is 0.276 e. The van der Waals surface area contributed by atoms with Crippen molar-refractivity contribution in [2.75, 3.05) is 6.61 Å². The van der Waals surface area contributed by atoms with Crippen molar-refractivity contribution in [3.63, 3.8) is 0 Å². The van der Waals surface area contributed by atoms with E-state index in [1.807, 2.05) is 61.5 Å². The van der Waals surface area contributed by atoms with Crippen molar-refractivity contribution in [1.29, 1.82) is 0 Å². The van der Waals surface area contributed by atoms with E-state index in [9.17, 15) is 9.59 Å². The molecular formula is C22H18Br2N2O3. The number of benzene rings is 3. The first-order chi connectivity index (χ1) is 13.9. The van der Waals surface area contributed by atoms with Crippen molar-refractivity contribution in [2.45, 2.75) is 6.92 Å². The molecule has 2 N–H and O–H groups in total. The molecule has 148 valence electrons. The van der Waals surface area contributed by atoms with E-state index in [1.165, 1.54) is 0 Å². The number of halogens is 2. The maximum atomic E-state index is 12.2. The van der Waals surface area contributed by atoms with Crippen LogP contribution in [-0.2, 0) is 4.79 Å². The van der Waals surface area contributed by atoms with E-state index >= 15 is 0 Å². The van der Waals surface area contributed by atoms with Gasteiger partial charge in [0.1, 0.15) is 5.75 Å². The molecule has 0 fully saturated rings. The summed E-state index contributed by atoms with van der Waals surface area (Å²) >= 11 is 6.80. The van der Waals surface area contributed by atoms with Gasteiger partial charge in [-0.2, -0.15) is 0 Å². The molecule has 0 aliphatic rings. The number of carbonyl (C=O) groups is 2. The van der Waals surface area contributed by atoms with Crippen LogP contribution in [0.3, 0.4) is 0 Å². The minimum absolute atomic E-state index is 0.228. The molecular weight excluding hydrogens is 500 g/mol. The molecule has 0 spiro atoms. The second-order valence-corrected chi connectivity index (χ2v) is 8.04. The molecule has 0 aromatic heterocycles. The van der Waals surface area contributed by atoms with Gasteiger partial charge < -0.3 is 4.74 Å². The van der Waals surface area contributed by atoms with Crippen molar-refractivity contribution < 1.29 is 14.3 Å². The highest BCUT2D eigenvalue weighted by Crippen LogP contribution is 2.32. The Labute approximate surface area is 185 Å². The standard InChI is InChI=1S/C22H18Br2N2O3/c1-14-11-18(23)12-19(24)21(14)29-13-20(27)25-26-22(28)17-9-7-16(8-10-17)15-5-3-2-4-6-15/h2-12H,13H2,1H3,(H,25,27)(H,26,28). The quantitative estimate of drug-likeness (QED) is 0.466. The van der Waals surface area contributed by atoms with Crippen molar-refractivity contribution in [3.8, 4) is 16.9 Å². The largest absolute Gasteiger partial charge is 0.482 e. The highest BCUT2D eigenvalue weighted by molar-refractivity contribution is 9.11. The SMILES string of the molecule is Cc1cc(Br)cc(Br)c1OCC(=O)NNC(=O)c1ccc(-c2ccccc2)cc1. The number of hydrogen-bond donors (Lipinski definition) is 2. The van der Waals surface area contributed by atoms with Crippen molar-refractivity contribution >= 4 is 43.7 Å². The minimum Gasteiger partial charge on any atom is -0.482 e. The normalized spacial score (nSPS) is 10.3. The van der Waals surface area contributed by atoms with Crippen molar-refractivity contribution in [2.24, 2.45) is 0 Å². The summed E-state index contributed by atoms with van der Waals surface area (Å²) in [6, 6.07) is 20.7. The summed E-state index contributed by atoms with van der Waals surface area (Å²) in [6.07, 6.45) is 0. The van der Waals surface area contributed by atoms with Crippen LogP contribution in [0.25, 0.3) is 11.1 Å². The third-order valence-corrected chi connectivity index (χ3v) is 5.16. The molecule has 3 aromatic rings. The lowest BCUT2D eigenvalue weighted by Crippen LogP contribution is -2.43. The van der Waals surface area contributed by atoms with Gasteiger partial charge in [0, 0.05) is 10.0 Å². The molecule has 0 aliphatic heterocycles. The molecule has 0 unspecified atom stereocenters. The molecule has 0 atom stereocenters. The molecule has 0 heterocycles. The maximum Gasteiger partial charge on any atom is 0.276 e. The highest BCUT2D eigenvalue weighted by Gasteiger charge is 2.11. The fraction of sp³-hybridized carbons (Fsp3) is 0.0909. The number of hydrazine groups is 1. The van der Waals surface area contributed by atoms with Crippen LogP contribution in [-0.4, -0.2) is 18.4 Å². The van der Waals surface area contributed by atoms with Crippen molar-refractivity contribution in [1.82, 2.24) is 10.9 Å². The van der Waals surface area contributed by atoms with Gasteiger partial charge in [-0.1, -0.05) is 58.4 Å². The van der Waals surface area contributed by atoms with Crippen LogP contribution in [0.1, 0.15) is 15.9 Å². The Kier molecular flexibility index (Phi) is 7.06. The van der Waals surface area contributed by atoms with E-state index in [4.69, 9.17) is 4.74 Å². The third-order valence-electron chi connectivity index (χ3n) is 4.11. The number of carbonyl (C=O) groups excluding carboxylic acids is 2. The Hall–Kier alpha value is -2.64. The predicted molar refractivity (Wildman–Crippen MR) is 120 cm³/mol.